The number of carbonyl (C=O) groups excluding carboxylic acids is 1. The zero-order chi connectivity index (χ0) is 26.2. The van der Waals surface area contributed by atoms with Crippen LogP contribution in [0.1, 0.15) is 23.6 Å². The Balaban J connectivity index is 1.40. The number of phenolic OH excluding ortho intramolecular Hbond substituents is 1. The molecule has 4 aromatic carbocycles. The Bertz CT molecular complexity index is 1730. The summed E-state index contributed by atoms with van der Waals surface area (Å²) in [7, 11) is 0. The number of amides is 1. The lowest BCUT2D eigenvalue weighted by Gasteiger charge is -2.13. The van der Waals surface area contributed by atoms with E-state index < -0.39 is 0 Å². The van der Waals surface area contributed by atoms with E-state index >= 15 is 0 Å². The van der Waals surface area contributed by atoms with Gasteiger partial charge in [-0.2, -0.15) is 4.99 Å². The Labute approximate surface area is 220 Å². The number of carbonyl (C=O) groups is 1. The quantitative estimate of drug-likeness (QED) is 0.266. The van der Waals surface area contributed by atoms with E-state index in [0.29, 0.717) is 5.69 Å². The number of amidine groups is 1. The molecule has 1 amide bonds. The van der Waals surface area contributed by atoms with Crippen molar-refractivity contribution in [3.05, 3.63) is 113 Å². The first kappa shape index (κ1) is 23.6. The summed E-state index contributed by atoms with van der Waals surface area (Å²) in [6.45, 7) is 5.30. The molecule has 0 radical (unpaired) electrons. The van der Waals surface area contributed by atoms with E-state index in [1.54, 1.807) is 30.3 Å². The van der Waals surface area contributed by atoms with Crippen LogP contribution in [0, 0.1) is 6.92 Å². The van der Waals surface area contributed by atoms with Crippen LogP contribution in [0.15, 0.2) is 102 Å². The van der Waals surface area contributed by atoms with Gasteiger partial charge in [-0.05, 0) is 73.5 Å². The Hall–Kier alpha value is -4.84. The summed E-state index contributed by atoms with van der Waals surface area (Å²) in [6, 6.07) is 29.3. The smallest absolute Gasteiger partial charge is 0.305 e. The van der Waals surface area contributed by atoms with Crippen molar-refractivity contribution in [3.8, 4) is 5.75 Å². The number of ether oxygens (including phenoxy) is 1. The monoisotopic (exact) mass is 501 g/mol. The zero-order valence-corrected chi connectivity index (χ0v) is 21.3. The summed E-state index contributed by atoms with van der Waals surface area (Å²) >= 11 is 0. The minimum atomic E-state index is -0.264. The van der Waals surface area contributed by atoms with Gasteiger partial charge < -0.3 is 14.4 Å². The van der Waals surface area contributed by atoms with E-state index in [1.807, 2.05) is 43.3 Å². The van der Waals surface area contributed by atoms with Crippen LogP contribution in [0.5, 0.6) is 5.75 Å². The second kappa shape index (κ2) is 9.56. The molecule has 1 aliphatic heterocycles. The van der Waals surface area contributed by atoms with Gasteiger partial charge >= 0.3 is 6.02 Å². The van der Waals surface area contributed by atoms with E-state index in [2.05, 4.69) is 46.8 Å². The first-order valence-corrected chi connectivity index (χ1v) is 12.7. The van der Waals surface area contributed by atoms with Crippen molar-refractivity contribution >= 4 is 45.5 Å². The molecule has 0 bridgehead atoms. The molecule has 0 atom stereocenters. The van der Waals surface area contributed by atoms with Gasteiger partial charge in [-0.3, -0.25) is 9.69 Å². The number of aliphatic imine (C=N–C) groups is 1. The van der Waals surface area contributed by atoms with Crippen LogP contribution in [0.3, 0.4) is 0 Å². The van der Waals surface area contributed by atoms with Crippen molar-refractivity contribution in [3.63, 3.8) is 0 Å². The number of nitrogens with zero attached hydrogens (tertiary/aromatic N) is 3. The molecular weight excluding hydrogens is 474 g/mol. The Morgan fingerprint density at radius 1 is 0.895 bits per heavy atom. The Morgan fingerprint density at radius 3 is 2.39 bits per heavy atom. The lowest BCUT2D eigenvalue weighted by Crippen LogP contribution is -2.29. The number of rotatable bonds is 5. The molecule has 6 rings (SSSR count). The van der Waals surface area contributed by atoms with Crippen molar-refractivity contribution in [1.82, 2.24) is 9.47 Å². The molecule has 1 fully saturated rings. The maximum atomic E-state index is 13.6. The van der Waals surface area contributed by atoms with Crippen LogP contribution in [0.2, 0.25) is 0 Å². The average Bonchev–Trinajstić information content (AvgIpc) is 3.40. The van der Waals surface area contributed by atoms with Gasteiger partial charge in [0.1, 0.15) is 5.75 Å². The predicted octanol–water partition coefficient (Wildman–Crippen LogP) is 6.92. The molecule has 188 valence electrons. The van der Waals surface area contributed by atoms with Gasteiger partial charge in [0.15, 0.2) is 5.76 Å². The molecule has 38 heavy (non-hydrogen) atoms. The van der Waals surface area contributed by atoms with Gasteiger partial charge in [0, 0.05) is 28.4 Å². The third kappa shape index (κ3) is 4.30. The fourth-order valence-corrected chi connectivity index (χ4v) is 4.90. The van der Waals surface area contributed by atoms with Gasteiger partial charge in [-0.25, -0.2) is 0 Å². The normalized spacial score (nSPS) is 15.7. The van der Waals surface area contributed by atoms with Crippen LogP contribution < -0.4 is 0 Å². The van der Waals surface area contributed by atoms with Crippen molar-refractivity contribution in [2.24, 2.45) is 4.99 Å². The first-order chi connectivity index (χ1) is 18.5. The fourth-order valence-electron chi connectivity index (χ4n) is 4.90. The molecule has 1 N–H and O–H groups in total. The molecule has 2 heterocycles. The number of phenols is 1. The standard InChI is InChI=1S/C32H27N3O3/c1-3-34-28-7-5-4-6-26(28)27-18-23(12-17-29(27)34)19-30-31(37)35(20-22-10-15-25(36)16-11-22)32(38-30)33-24-13-8-21(2)9-14-24/h4-19,36H,3,20H2,1-2H3/b30-19+,33-32-. The summed E-state index contributed by atoms with van der Waals surface area (Å²) in [4.78, 5) is 19.7. The molecule has 1 aromatic heterocycles. The summed E-state index contributed by atoms with van der Waals surface area (Å²) in [6.07, 6.45) is 1.78. The molecule has 0 aliphatic carbocycles. The van der Waals surface area contributed by atoms with Crippen molar-refractivity contribution in [1.29, 1.82) is 0 Å². The molecule has 1 saturated heterocycles. The molecule has 5 aromatic rings. The van der Waals surface area contributed by atoms with E-state index in [4.69, 9.17) is 4.74 Å². The highest BCUT2D eigenvalue weighted by Crippen LogP contribution is 2.31. The van der Waals surface area contributed by atoms with E-state index in [-0.39, 0.29) is 30.0 Å². The third-order valence-electron chi connectivity index (χ3n) is 6.83. The second-order valence-corrected chi connectivity index (χ2v) is 9.44. The van der Waals surface area contributed by atoms with Crippen molar-refractivity contribution < 1.29 is 14.6 Å². The third-order valence-corrected chi connectivity index (χ3v) is 6.83. The number of aromatic nitrogens is 1. The first-order valence-electron chi connectivity index (χ1n) is 12.7. The number of benzene rings is 4. The minimum Gasteiger partial charge on any atom is -0.508 e. The highest BCUT2D eigenvalue weighted by Gasteiger charge is 2.35. The van der Waals surface area contributed by atoms with E-state index in [9.17, 15) is 9.90 Å². The number of fused-ring (bicyclic) bond motifs is 3. The lowest BCUT2D eigenvalue weighted by atomic mass is 10.1. The molecule has 0 saturated carbocycles. The van der Waals surface area contributed by atoms with Crippen LogP contribution in [0.25, 0.3) is 27.9 Å². The number of aromatic hydroxyl groups is 1. The summed E-state index contributed by atoms with van der Waals surface area (Å²) in [5.74, 6) is 0.125. The van der Waals surface area contributed by atoms with Crippen molar-refractivity contribution in [2.45, 2.75) is 26.9 Å². The number of hydrogen-bond acceptors (Lipinski definition) is 4. The molecule has 6 heteroatoms. The summed E-state index contributed by atoms with van der Waals surface area (Å²) in [5, 5.41) is 12.0. The van der Waals surface area contributed by atoms with Crippen LogP contribution in [-0.4, -0.2) is 26.5 Å². The van der Waals surface area contributed by atoms with Gasteiger partial charge in [-0.15, -0.1) is 0 Å². The molecule has 6 nitrogen and oxygen atoms in total. The summed E-state index contributed by atoms with van der Waals surface area (Å²) < 4.78 is 8.38. The SMILES string of the molecule is CCn1c2ccccc2c2cc(/C=C3/O/C(=N\c4ccc(C)cc4)N(Cc4ccc(O)cc4)C3=O)ccc21. The topological polar surface area (TPSA) is 67.1 Å². The van der Waals surface area contributed by atoms with Crippen molar-refractivity contribution in [2.75, 3.05) is 0 Å². The average molecular weight is 502 g/mol. The van der Waals surface area contributed by atoms with Gasteiger partial charge in [0.25, 0.3) is 5.91 Å². The lowest BCUT2D eigenvalue weighted by molar-refractivity contribution is -0.123. The molecule has 0 unspecified atom stereocenters. The highest BCUT2D eigenvalue weighted by molar-refractivity contribution is 6.12. The Kier molecular flexibility index (Phi) is 5.92. The Morgan fingerprint density at radius 2 is 1.63 bits per heavy atom. The molecule has 0 spiro atoms. The van der Waals surface area contributed by atoms with Crippen LogP contribution in [0.4, 0.5) is 5.69 Å². The highest BCUT2D eigenvalue weighted by atomic mass is 16.5. The number of para-hydroxylation sites is 1. The number of aryl methyl sites for hydroxylation is 2. The minimum absolute atomic E-state index is 0.173. The zero-order valence-electron chi connectivity index (χ0n) is 21.3. The van der Waals surface area contributed by atoms with E-state index in [1.165, 1.54) is 15.8 Å². The summed E-state index contributed by atoms with van der Waals surface area (Å²) in [5.41, 5.74) is 5.90. The van der Waals surface area contributed by atoms with Gasteiger partial charge in [0.05, 0.1) is 12.2 Å². The maximum absolute atomic E-state index is 13.6. The fraction of sp³-hybridized carbons (Fsp3) is 0.125. The van der Waals surface area contributed by atoms with E-state index in [0.717, 1.165) is 34.1 Å². The van der Waals surface area contributed by atoms with Crippen LogP contribution in [-0.2, 0) is 22.6 Å². The molecule has 1 aliphatic rings. The van der Waals surface area contributed by atoms with Gasteiger partial charge in [0.2, 0.25) is 0 Å². The second-order valence-electron chi connectivity index (χ2n) is 9.44. The maximum Gasteiger partial charge on any atom is 0.305 e. The van der Waals surface area contributed by atoms with Gasteiger partial charge in [-0.1, -0.05) is 54.1 Å². The molecular formula is C32H27N3O3. The number of hydrogen-bond donors (Lipinski definition) is 1. The van der Waals surface area contributed by atoms with Crippen LogP contribution >= 0.6 is 0 Å². The largest absolute Gasteiger partial charge is 0.508 e. The predicted molar refractivity (Wildman–Crippen MR) is 151 cm³/mol.